The standard InChI is InChI=1S/C9H15F3O2/c1-3-8(13)7(2)14-6-4-5-9(10,11)12/h7H,3-6H2,1-2H3. The number of Topliss-reactive ketones (excluding diaryl/α,β-unsaturated/α-hetero) is 1. The van der Waals surface area contributed by atoms with Crippen molar-refractivity contribution < 1.29 is 22.7 Å². The Balaban J connectivity index is 3.50. The lowest BCUT2D eigenvalue weighted by Crippen LogP contribution is -2.21. The van der Waals surface area contributed by atoms with Gasteiger partial charge in [-0.25, -0.2) is 0 Å². The van der Waals surface area contributed by atoms with Crippen LogP contribution in [0.2, 0.25) is 0 Å². The van der Waals surface area contributed by atoms with Crippen LogP contribution in [0.1, 0.15) is 33.1 Å². The molecule has 0 saturated heterocycles. The van der Waals surface area contributed by atoms with E-state index in [0.29, 0.717) is 6.42 Å². The topological polar surface area (TPSA) is 26.3 Å². The molecule has 1 unspecified atom stereocenters. The number of ether oxygens (including phenoxy) is 1. The van der Waals surface area contributed by atoms with Gasteiger partial charge in [0.1, 0.15) is 6.10 Å². The normalized spacial score (nSPS) is 14.1. The molecule has 1 atom stereocenters. The fourth-order valence-corrected chi connectivity index (χ4v) is 0.913. The monoisotopic (exact) mass is 212 g/mol. The molecule has 0 heterocycles. The molecule has 0 aliphatic heterocycles. The smallest absolute Gasteiger partial charge is 0.371 e. The molecule has 5 heteroatoms. The van der Waals surface area contributed by atoms with Gasteiger partial charge in [0.2, 0.25) is 0 Å². The van der Waals surface area contributed by atoms with Gasteiger partial charge in [-0.2, -0.15) is 13.2 Å². The first kappa shape index (κ1) is 13.4. The third kappa shape index (κ3) is 6.88. The van der Waals surface area contributed by atoms with E-state index in [1.807, 2.05) is 0 Å². The second-order valence-electron chi connectivity index (χ2n) is 3.05. The van der Waals surface area contributed by atoms with Crippen molar-refractivity contribution in [3.05, 3.63) is 0 Å². The molecule has 0 spiro atoms. The number of ketones is 1. The summed E-state index contributed by atoms with van der Waals surface area (Å²) in [5, 5.41) is 0. The molecule has 0 amide bonds. The van der Waals surface area contributed by atoms with Crippen molar-refractivity contribution in [2.45, 2.75) is 45.4 Å². The molecule has 0 bridgehead atoms. The van der Waals surface area contributed by atoms with Crippen molar-refractivity contribution in [1.82, 2.24) is 0 Å². The van der Waals surface area contributed by atoms with E-state index >= 15 is 0 Å². The molecular formula is C9H15F3O2. The third-order valence-electron chi connectivity index (χ3n) is 1.77. The first-order chi connectivity index (χ1) is 6.37. The predicted octanol–water partition coefficient (Wildman–Crippen LogP) is 2.71. The molecule has 0 fully saturated rings. The minimum Gasteiger partial charge on any atom is -0.371 e. The van der Waals surface area contributed by atoms with Crippen molar-refractivity contribution >= 4 is 5.78 Å². The maximum absolute atomic E-state index is 11.7. The lowest BCUT2D eigenvalue weighted by atomic mass is 10.2. The van der Waals surface area contributed by atoms with Gasteiger partial charge in [-0.15, -0.1) is 0 Å². The van der Waals surface area contributed by atoms with Crippen LogP contribution in [0.5, 0.6) is 0 Å². The molecule has 0 aliphatic carbocycles. The van der Waals surface area contributed by atoms with Crippen LogP contribution in [0.3, 0.4) is 0 Å². The van der Waals surface area contributed by atoms with Gasteiger partial charge in [-0.1, -0.05) is 6.92 Å². The second kappa shape index (κ2) is 6.01. The van der Waals surface area contributed by atoms with Gasteiger partial charge >= 0.3 is 6.18 Å². The van der Waals surface area contributed by atoms with Crippen LogP contribution in [0.4, 0.5) is 13.2 Å². The maximum Gasteiger partial charge on any atom is 0.389 e. The summed E-state index contributed by atoms with van der Waals surface area (Å²) in [6.45, 7) is 3.23. The minimum absolute atomic E-state index is 0.0214. The summed E-state index contributed by atoms with van der Waals surface area (Å²) >= 11 is 0. The zero-order chi connectivity index (χ0) is 11.2. The fraction of sp³-hybridized carbons (Fsp3) is 0.889. The summed E-state index contributed by atoms with van der Waals surface area (Å²) < 4.78 is 40.0. The Morgan fingerprint density at radius 2 is 2.00 bits per heavy atom. The average Bonchev–Trinajstić information content (AvgIpc) is 2.09. The molecule has 0 N–H and O–H groups in total. The Morgan fingerprint density at radius 3 is 2.43 bits per heavy atom. The van der Waals surface area contributed by atoms with Crippen molar-refractivity contribution in [1.29, 1.82) is 0 Å². The van der Waals surface area contributed by atoms with Gasteiger partial charge in [0, 0.05) is 19.4 Å². The van der Waals surface area contributed by atoms with E-state index in [1.165, 1.54) is 0 Å². The number of hydrogen-bond donors (Lipinski definition) is 0. The van der Waals surface area contributed by atoms with E-state index in [1.54, 1.807) is 13.8 Å². The molecule has 0 aromatic heterocycles. The van der Waals surface area contributed by atoms with Crippen LogP contribution in [-0.2, 0) is 9.53 Å². The number of rotatable bonds is 6. The van der Waals surface area contributed by atoms with E-state index in [4.69, 9.17) is 4.74 Å². The van der Waals surface area contributed by atoms with Crippen LogP contribution in [0.25, 0.3) is 0 Å². The molecule has 0 radical (unpaired) electrons. The maximum atomic E-state index is 11.7. The van der Waals surface area contributed by atoms with E-state index in [0.717, 1.165) is 0 Å². The molecular weight excluding hydrogens is 197 g/mol. The van der Waals surface area contributed by atoms with E-state index in [2.05, 4.69) is 0 Å². The number of carbonyl (C=O) groups excluding carboxylic acids is 1. The highest BCUT2D eigenvalue weighted by Gasteiger charge is 2.26. The number of alkyl halides is 3. The van der Waals surface area contributed by atoms with E-state index in [9.17, 15) is 18.0 Å². The summed E-state index contributed by atoms with van der Waals surface area (Å²) in [5.74, 6) is -0.0861. The molecule has 84 valence electrons. The summed E-state index contributed by atoms with van der Waals surface area (Å²) in [4.78, 5) is 11.0. The van der Waals surface area contributed by atoms with E-state index in [-0.39, 0.29) is 18.8 Å². The second-order valence-corrected chi connectivity index (χ2v) is 3.05. The lowest BCUT2D eigenvalue weighted by molar-refractivity contribution is -0.140. The molecule has 0 aliphatic rings. The number of hydrogen-bond acceptors (Lipinski definition) is 2. The predicted molar refractivity (Wildman–Crippen MR) is 46.0 cm³/mol. The summed E-state index contributed by atoms with van der Waals surface area (Å²) in [6.07, 6.45) is -5.33. The van der Waals surface area contributed by atoms with Gasteiger partial charge in [-0.3, -0.25) is 4.79 Å². The summed E-state index contributed by atoms with van der Waals surface area (Å²) in [7, 11) is 0. The Hall–Kier alpha value is -0.580. The van der Waals surface area contributed by atoms with Crippen molar-refractivity contribution in [2.75, 3.05) is 6.61 Å². The average molecular weight is 212 g/mol. The van der Waals surface area contributed by atoms with E-state index < -0.39 is 18.7 Å². The zero-order valence-electron chi connectivity index (χ0n) is 8.36. The summed E-state index contributed by atoms with van der Waals surface area (Å²) in [5.41, 5.74) is 0. The van der Waals surface area contributed by atoms with Gasteiger partial charge in [0.05, 0.1) is 0 Å². The largest absolute Gasteiger partial charge is 0.389 e. The molecule has 2 nitrogen and oxygen atoms in total. The van der Waals surface area contributed by atoms with Gasteiger partial charge < -0.3 is 4.74 Å². The highest BCUT2D eigenvalue weighted by molar-refractivity contribution is 5.82. The highest BCUT2D eigenvalue weighted by Crippen LogP contribution is 2.21. The SMILES string of the molecule is CCC(=O)C(C)OCCCC(F)(F)F. The number of halogens is 3. The third-order valence-corrected chi connectivity index (χ3v) is 1.77. The Bertz CT molecular complexity index is 177. The molecule has 0 saturated carbocycles. The molecule has 0 aromatic carbocycles. The first-order valence-electron chi connectivity index (χ1n) is 4.58. The quantitative estimate of drug-likeness (QED) is 0.633. The van der Waals surface area contributed by atoms with Gasteiger partial charge in [0.25, 0.3) is 0 Å². The lowest BCUT2D eigenvalue weighted by Gasteiger charge is -2.11. The zero-order valence-corrected chi connectivity index (χ0v) is 8.36. The molecule has 14 heavy (non-hydrogen) atoms. The van der Waals surface area contributed by atoms with Gasteiger partial charge in [-0.05, 0) is 13.3 Å². The van der Waals surface area contributed by atoms with Gasteiger partial charge in [0.15, 0.2) is 5.78 Å². The van der Waals surface area contributed by atoms with Crippen molar-refractivity contribution in [3.63, 3.8) is 0 Å². The summed E-state index contributed by atoms with van der Waals surface area (Å²) in [6, 6.07) is 0. The fourth-order valence-electron chi connectivity index (χ4n) is 0.913. The Labute approximate surface area is 81.4 Å². The van der Waals surface area contributed by atoms with Crippen LogP contribution in [0.15, 0.2) is 0 Å². The molecule has 0 rings (SSSR count). The Morgan fingerprint density at radius 1 is 1.43 bits per heavy atom. The molecule has 0 aromatic rings. The van der Waals surface area contributed by atoms with Crippen molar-refractivity contribution in [2.24, 2.45) is 0 Å². The highest BCUT2D eigenvalue weighted by atomic mass is 19.4. The first-order valence-corrected chi connectivity index (χ1v) is 4.58. The van der Waals surface area contributed by atoms with Crippen LogP contribution in [0, 0.1) is 0 Å². The number of carbonyl (C=O) groups is 1. The minimum atomic E-state index is -4.14. The van der Waals surface area contributed by atoms with Crippen LogP contribution >= 0.6 is 0 Å². The van der Waals surface area contributed by atoms with Crippen LogP contribution < -0.4 is 0 Å². The Kier molecular flexibility index (Phi) is 5.76. The van der Waals surface area contributed by atoms with Crippen molar-refractivity contribution in [3.8, 4) is 0 Å². The van der Waals surface area contributed by atoms with Crippen LogP contribution in [-0.4, -0.2) is 24.7 Å².